The highest BCUT2D eigenvalue weighted by Gasteiger charge is 2.44. The Morgan fingerprint density at radius 2 is 1.28 bits per heavy atom. The van der Waals surface area contributed by atoms with E-state index in [1.54, 1.807) is 93.3 Å². The highest BCUT2D eigenvalue weighted by atomic mass is 16.5. The molecule has 3 atom stereocenters. The summed E-state index contributed by atoms with van der Waals surface area (Å²) in [5.41, 5.74) is 5.90. The van der Waals surface area contributed by atoms with E-state index in [2.05, 4.69) is 19.1 Å². The molecule has 0 bridgehead atoms. The van der Waals surface area contributed by atoms with Crippen LogP contribution in [0.25, 0.3) is 6.08 Å². The molecule has 0 aromatic heterocycles. The van der Waals surface area contributed by atoms with Gasteiger partial charge in [0.1, 0.15) is 46.0 Å². The lowest BCUT2D eigenvalue weighted by atomic mass is 9.65. The molecule has 1 aliphatic carbocycles. The topological polar surface area (TPSA) is 108 Å². The third-order valence-electron chi connectivity index (χ3n) is 10.6. The molecule has 1 aliphatic rings. The molecule has 0 unspecified atom stereocenters. The van der Waals surface area contributed by atoms with E-state index in [9.17, 15) is 4.79 Å². The fourth-order valence-corrected chi connectivity index (χ4v) is 7.77. The highest BCUT2D eigenvalue weighted by molar-refractivity contribution is 6.08. The Hall–Kier alpha value is -6.16. The molecular weight excluding hydrogens is 737 g/mol. The van der Waals surface area contributed by atoms with E-state index in [1.165, 1.54) is 6.08 Å². The van der Waals surface area contributed by atoms with Crippen molar-refractivity contribution in [2.75, 3.05) is 56.9 Å². The summed E-state index contributed by atoms with van der Waals surface area (Å²) in [5, 5.41) is 0. The lowest BCUT2D eigenvalue weighted by Crippen LogP contribution is -2.32. The quantitative estimate of drug-likeness (QED) is 0.0583. The SMILES string of the molecule is COc1ccc(/C=C/C(=O)c2cc(OC)c([C@H]3C=C(C)C[C@H](c4ccc(OC)cc4OC)[C@H]3C(=O)c3ccc(OC)c(CC=C(C)C)c3OC)c(OC)c2)c(OC)c1. The van der Waals surface area contributed by atoms with Crippen LogP contribution in [-0.2, 0) is 6.42 Å². The van der Waals surface area contributed by atoms with Gasteiger partial charge >= 0.3 is 0 Å². The molecule has 0 saturated carbocycles. The van der Waals surface area contributed by atoms with Crippen molar-refractivity contribution in [1.29, 1.82) is 0 Å². The molecule has 306 valence electrons. The Kier molecular flexibility index (Phi) is 14.3. The van der Waals surface area contributed by atoms with Gasteiger partial charge in [-0.3, -0.25) is 9.59 Å². The van der Waals surface area contributed by atoms with Gasteiger partial charge in [-0.15, -0.1) is 0 Å². The number of carbonyl (C=O) groups excluding carboxylic acids is 2. The smallest absolute Gasteiger partial charge is 0.186 e. The molecule has 0 fully saturated rings. The van der Waals surface area contributed by atoms with Gasteiger partial charge in [-0.2, -0.15) is 0 Å². The van der Waals surface area contributed by atoms with Crippen molar-refractivity contribution in [3.63, 3.8) is 0 Å². The minimum Gasteiger partial charge on any atom is -0.497 e. The molecule has 4 aromatic rings. The number of allylic oxidation sites excluding steroid dienone is 5. The van der Waals surface area contributed by atoms with Crippen molar-refractivity contribution >= 4 is 17.6 Å². The van der Waals surface area contributed by atoms with Gasteiger partial charge in [0.2, 0.25) is 0 Å². The van der Waals surface area contributed by atoms with Gasteiger partial charge in [-0.1, -0.05) is 29.4 Å². The first-order chi connectivity index (χ1) is 28.0. The predicted octanol–water partition coefficient (Wildman–Crippen LogP) is 9.88. The normalized spacial score (nSPS) is 16.2. The third kappa shape index (κ3) is 9.01. The largest absolute Gasteiger partial charge is 0.497 e. The Balaban J connectivity index is 1.71. The maximum atomic E-state index is 15.6. The molecule has 0 aliphatic heterocycles. The van der Waals surface area contributed by atoms with Crippen LogP contribution in [0.4, 0.5) is 0 Å². The summed E-state index contributed by atoms with van der Waals surface area (Å²) in [6, 6.07) is 18.0. The Bertz CT molecular complexity index is 2200. The zero-order valence-electron chi connectivity index (χ0n) is 35.3. The van der Waals surface area contributed by atoms with Crippen molar-refractivity contribution in [1.82, 2.24) is 0 Å². The molecule has 0 spiro atoms. The average molecular weight is 791 g/mol. The van der Waals surface area contributed by atoms with E-state index in [4.69, 9.17) is 37.9 Å². The standard InChI is InChI=1S/C48H54O10/c1-28(2)12-17-35-40(53-6)21-19-36(48(35)58-11)47(50)45-37(34-18-16-33(52-5)27-42(34)55-8)22-29(3)23-38(45)46-43(56-9)24-31(25-44(46)57-10)39(49)20-14-30-13-15-32(51-4)26-41(30)54-7/h12-16,18-21,23-27,37-38,45H,17,22H2,1-11H3/b20-14+/t37-,38+,45-/m1/s1. The number of Topliss-reactive ketones (excluding diaryl/α,β-unsaturated/α-hetero) is 1. The lowest BCUT2D eigenvalue weighted by molar-refractivity contribution is 0.0875. The second-order valence-corrected chi connectivity index (χ2v) is 14.3. The Morgan fingerprint density at radius 1 is 0.672 bits per heavy atom. The van der Waals surface area contributed by atoms with E-state index < -0.39 is 11.8 Å². The van der Waals surface area contributed by atoms with Gasteiger partial charge < -0.3 is 37.9 Å². The molecule has 0 amide bonds. The fourth-order valence-electron chi connectivity index (χ4n) is 7.77. The first kappa shape index (κ1) is 43.0. The van der Waals surface area contributed by atoms with Gasteiger partial charge in [0.05, 0.1) is 62.4 Å². The highest BCUT2D eigenvalue weighted by Crippen LogP contribution is 2.53. The predicted molar refractivity (Wildman–Crippen MR) is 226 cm³/mol. The van der Waals surface area contributed by atoms with Crippen LogP contribution < -0.4 is 37.9 Å². The van der Waals surface area contributed by atoms with Crippen LogP contribution in [0.1, 0.15) is 82.0 Å². The van der Waals surface area contributed by atoms with Crippen molar-refractivity contribution in [2.45, 2.75) is 45.4 Å². The number of ketones is 2. The van der Waals surface area contributed by atoms with Crippen LogP contribution in [0.5, 0.6) is 46.0 Å². The van der Waals surface area contributed by atoms with E-state index in [0.717, 1.165) is 22.3 Å². The zero-order valence-corrected chi connectivity index (χ0v) is 35.3. The molecule has 0 radical (unpaired) electrons. The van der Waals surface area contributed by atoms with E-state index in [1.807, 2.05) is 44.2 Å². The fraction of sp³-hybridized carbons (Fsp3) is 0.333. The number of hydrogen-bond acceptors (Lipinski definition) is 10. The first-order valence-electron chi connectivity index (χ1n) is 19.0. The number of benzene rings is 4. The number of methoxy groups -OCH3 is 8. The van der Waals surface area contributed by atoms with Crippen molar-refractivity contribution in [3.05, 3.63) is 123 Å². The number of rotatable bonds is 17. The van der Waals surface area contributed by atoms with Crippen LogP contribution in [0.3, 0.4) is 0 Å². The summed E-state index contributed by atoms with van der Waals surface area (Å²) >= 11 is 0. The summed E-state index contributed by atoms with van der Waals surface area (Å²) in [7, 11) is 12.6. The van der Waals surface area contributed by atoms with Crippen molar-refractivity contribution < 1.29 is 47.5 Å². The average Bonchev–Trinajstić information content (AvgIpc) is 3.25. The van der Waals surface area contributed by atoms with Crippen LogP contribution in [-0.4, -0.2) is 68.4 Å². The van der Waals surface area contributed by atoms with Crippen molar-refractivity contribution in [3.8, 4) is 46.0 Å². The molecule has 0 saturated heterocycles. The van der Waals surface area contributed by atoms with E-state index in [-0.39, 0.29) is 17.5 Å². The monoisotopic (exact) mass is 790 g/mol. The van der Waals surface area contributed by atoms with Crippen LogP contribution in [0.15, 0.2) is 90.0 Å². The summed E-state index contributed by atoms with van der Waals surface area (Å²) in [6.45, 7) is 6.10. The van der Waals surface area contributed by atoms with Gasteiger partial charge in [0.15, 0.2) is 11.6 Å². The molecule has 58 heavy (non-hydrogen) atoms. The molecule has 10 nitrogen and oxygen atoms in total. The summed E-state index contributed by atoms with van der Waals surface area (Å²) in [6.07, 6.45) is 8.43. The Labute approximate surface area is 342 Å². The zero-order chi connectivity index (χ0) is 42.1. The van der Waals surface area contributed by atoms with E-state index >= 15 is 4.79 Å². The molecule has 10 heteroatoms. The number of hydrogen-bond donors (Lipinski definition) is 0. The first-order valence-corrected chi connectivity index (χ1v) is 19.0. The Morgan fingerprint density at radius 3 is 1.84 bits per heavy atom. The summed E-state index contributed by atoms with van der Waals surface area (Å²) < 4.78 is 46.3. The van der Waals surface area contributed by atoms with Crippen LogP contribution in [0.2, 0.25) is 0 Å². The number of carbonyl (C=O) groups is 2. The molecule has 5 rings (SSSR count). The van der Waals surface area contributed by atoms with Gasteiger partial charge in [-0.05, 0) is 93.8 Å². The van der Waals surface area contributed by atoms with Crippen LogP contribution >= 0.6 is 0 Å². The summed E-state index contributed by atoms with van der Waals surface area (Å²) in [4.78, 5) is 29.4. The van der Waals surface area contributed by atoms with Gasteiger partial charge in [0, 0.05) is 52.1 Å². The number of ether oxygens (including phenoxy) is 8. The maximum absolute atomic E-state index is 15.6. The van der Waals surface area contributed by atoms with E-state index in [0.29, 0.717) is 81.1 Å². The second-order valence-electron chi connectivity index (χ2n) is 14.3. The molecular formula is C48H54O10. The molecule has 4 aromatic carbocycles. The van der Waals surface area contributed by atoms with Gasteiger partial charge in [-0.25, -0.2) is 0 Å². The second kappa shape index (κ2) is 19.3. The minimum atomic E-state index is -0.712. The van der Waals surface area contributed by atoms with Crippen molar-refractivity contribution in [2.24, 2.45) is 5.92 Å². The summed E-state index contributed by atoms with van der Waals surface area (Å²) in [5.74, 6) is 2.23. The minimum absolute atomic E-state index is 0.143. The molecule has 0 heterocycles. The lowest BCUT2D eigenvalue weighted by Gasteiger charge is -2.38. The van der Waals surface area contributed by atoms with Gasteiger partial charge in [0.25, 0.3) is 0 Å². The van der Waals surface area contributed by atoms with Crippen LogP contribution in [0, 0.1) is 5.92 Å². The third-order valence-corrected chi connectivity index (χ3v) is 10.6. The maximum Gasteiger partial charge on any atom is 0.186 e. The molecule has 0 N–H and O–H groups in total.